The van der Waals surface area contributed by atoms with Gasteiger partial charge >= 0.3 is 0 Å². The maximum Gasteiger partial charge on any atom is 0.203 e. The van der Waals surface area contributed by atoms with Crippen LogP contribution >= 0.6 is 0 Å². The van der Waals surface area contributed by atoms with Crippen LogP contribution in [0.15, 0.2) is 6.20 Å². The predicted octanol–water partition coefficient (Wildman–Crippen LogP) is 3.62. The van der Waals surface area contributed by atoms with Crippen molar-refractivity contribution in [2.75, 3.05) is 5.32 Å². The second-order valence-electron chi connectivity index (χ2n) is 5.13. The van der Waals surface area contributed by atoms with Gasteiger partial charge in [-0.3, -0.25) is 0 Å². The van der Waals surface area contributed by atoms with Crippen molar-refractivity contribution in [3.63, 3.8) is 0 Å². The molecule has 92 valence electrons. The van der Waals surface area contributed by atoms with Crippen molar-refractivity contribution < 1.29 is 0 Å². The highest BCUT2D eigenvalue weighted by atomic mass is 15.2. The van der Waals surface area contributed by atoms with E-state index in [1.54, 1.807) is 0 Å². The molecule has 16 heavy (non-hydrogen) atoms. The molecule has 0 amide bonds. The average Bonchev–Trinajstić information content (AvgIpc) is 2.46. The lowest BCUT2D eigenvalue weighted by Crippen LogP contribution is -2.20. The lowest BCUT2D eigenvalue weighted by atomic mass is 10.0. The first-order valence-corrected chi connectivity index (χ1v) is 6.27. The summed E-state index contributed by atoms with van der Waals surface area (Å²) in [5, 5.41) is 3.42. The number of nitrogens with zero attached hydrogens (tertiary/aromatic N) is 2. The normalized spacial score (nSPS) is 13.5. The molecule has 0 saturated carbocycles. The molecule has 0 aliphatic rings. The van der Waals surface area contributed by atoms with Gasteiger partial charge in [0.2, 0.25) is 5.95 Å². The minimum absolute atomic E-state index is 0.421. The Morgan fingerprint density at radius 3 is 2.38 bits per heavy atom. The van der Waals surface area contributed by atoms with Crippen molar-refractivity contribution in [2.45, 2.75) is 60.0 Å². The van der Waals surface area contributed by atoms with Gasteiger partial charge in [0.15, 0.2) is 0 Å². The zero-order valence-electron chi connectivity index (χ0n) is 11.4. The van der Waals surface area contributed by atoms with Crippen LogP contribution in [0.1, 0.15) is 52.8 Å². The molecule has 0 saturated heterocycles. The highest BCUT2D eigenvalue weighted by Gasteiger charge is 2.17. The number of hydrogen-bond acceptors (Lipinski definition) is 2. The summed E-state index contributed by atoms with van der Waals surface area (Å²) in [7, 11) is 0. The monoisotopic (exact) mass is 223 g/mol. The topological polar surface area (TPSA) is 29.9 Å². The molecular formula is C13H25N3. The Labute approximate surface area is 99.3 Å². The van der Waals surface area contributed by atoms with Crippen molar-refractivity contribution in [3.05, 3.63) is 11.9 Å². The molecule has 1 heterocycles. The van der Waals surface area contributed by atoms with E-state index in [0.29, 0.717) is 18.0 Å². The molecule has 3 nitrogen and oxygen atoms in total. The zero-order valence-corrected chi connectivity index (χ0v) is 11.4. The first-order valence-electron chi connectivity index (χ1n) is 6.27. The van der Waals surface area contributed by atoms with Crippen LogP contribution in [-0.4, -0.2) is 15.6 Å². The molecule has 1 atom stereocenters. The molecule has 0 aromatic carbocycles. The van der Waals surface area contributed by atoms with E-state index in [9.17, 15) is 0 Å². The highest BCUT2D eigenvalue weighted by Crippen LogP contribution is 2.26. The maximum absolute atomic E-state index is 4.55. The summed E-state index contributed by atoms with van der Waals surface area (Å²) in [5.74, 6) is 1.64. The van der Waals surface area contributed by atoms with E-state index in [-0.39, 0.29) is 0 Å². The maximum atomic E-state index is 4.55. The molecule has 1 aromatic rings. The molecule has 1 rings (SSSR count). The molecular weight excluding hydrogens is 198 g/mol. The number of nitrogens with one attached hydrogen (secondary N) is 1. The third kappa shape index (κ3) is 3.00. The largest absolute Gasteiger partial charge is 0.353 e. The number of aromatic nitrogens is 2. The van der Waals surface area contributed by atoms with Gasteiger partial charge in [-0.2, -0.15) is 0 Å². The molecule has 0 radical (unpaired) electrons. The highest BCUT2D eigenvalue weighted by molar-refractivity contribution is 5.30. The molecule has 0 aliphatic heterocycles. The third-order valence-corrected chi connectivity index (χ3v) is 2.82. The molecule has 0 fully saturated rings. The number of hydrogen-bond donors (Lipinski definition) is 1. The van der Waals surface area contributed by atoms with Crippen LogP contribution in [0.2, 0.25) is 0 Å². The van der Waals surface area contributed by atoms with Gasteiger partial charge in [0.25, 0.3) is 0 Å². The van der Waals surface area contributed by atoms with Gasteiger partial charge in [0.1, 0.15) is 0 Å². The van der Waals surface area contributed by atoms with Gasteiger partial charge in [-0.05, 0) is 33.1 Å². The predicted molar refractivity (Wildman–Crippen MR) is 69.9 cm³/mol. The van der Waals surface area contributed by atoms with Crippen LogP contribution in [-0.2, 0) is 0 Å². The first kappa shape index (κ1) is 13.1. The Morgan fingerprint density at radius 1 is 1.31 bits per heavy atom. The standard InChI is InChI=1S/C13H25N3/c1-7-12(9(2)3)16-8-11(6)15-13(16)14-10(4)5/h8-10,12H,7H2,1-6H3,(H,14,15). The lowest BCUT2D eigenvalue weighted by Gasteiger charge is -2.23. The van der Waals surface area contributed by atoms with Crippen molar-refractivity contribution in [3.8, 4) is 0 Å². The van der Waals surface area contributed by atoms with Gasteiger partial charge in [-0.1, -0.05) is 20.8 Å². The quantitative estimate of drug-likeness (QED) is 0.826. The summed E-state index contributed by atoms with van der Waals surface area (Å²) in [6.07, 6.45) is 3.29. The van der Waals surface area contributed by atoms with E-state index >= 15 is 0 Å². The Morgan fingerprint density at radius 2 is 1.94 bits per heavy atom. The number of aryl methyl sites for hydroxylation is 1. The number of imidazole rings is 1. The summed E-state index contributed by atoms with van der Waals surface area (Å²) in [4.78, 5) is 4.55. The van der Waals surface area contributed by atoms with Gasteiger partial charge < -0.3 is 9.88 Å². The molecule has 1 aromatic heterocycles. The van der Waals surface area contributed by atoms with Crippen LogP contribution in [0.25, 0.3) is 0 Å². The molecule has 1 N–H and O–H groups in total. The SMILES string of the molecule is CCC(C(C)C)n1cc(C)nc1NC(C)C. The van der Waals surface area contributed by atoms with Crippen molar-refractivity contribution >= 4 is 5.95 Å². The number of rotatable bonds is 5. The molecule has 0 spiro atoms. The minimum atomic E-state index is 0.421. The number of anilines is 1. The Balaban J connectivity index is 3.00. The van der Waals surface area contributed by atoms with E-state index in [1.165, 1.54) is 0 Å². The van der Waals surface area contributed by atoms with E-state index < -0.39 is 0 Å². The summed E-state index contributed by atoms with van der Waals surface area (Å²) in [6, 6.07) is 0.952. The third-order valence-electron chi connectivity index (χ3n) is 2.82. The fourth-order valence-corrected chi connectivity index (χ4v) is 2.12. The second kappa shape index (κ2) is 5.37. The van der Waals surface area contributed by atoms with Crippen LogP contribution in [0.5, 0.6) is 0 Å². The van der Waals surface area contributed by atoms with Crippen LogP contribution in [0.3, 0.4) is 0 Å². The van der Waals surface area contributed by atoms with Crippen LogP contribution < -0.4 is 5.32 Å². The van der Waals surface area contributed by atoms with Crippen molar-refractivity contribution in [1.82, 2.24) is 9.55 Å². The smallest absolute Gasteiger partial charge is 0.203 e. The lowest BCUT2D eigenvalue weighted by molar-refractivity contribution is 0.368. The van der Waals surface area contributed by atoms with Gasteiger partial charge in [-0.25, -0.2) is 4.98 Å². The van der Waals surface area contributed by atoms with E-state index in [2.05, 4.69) is 62.6 Å². The van der Waals surface area contributed by atoms with E-state index in [1.807, 2.05) is 0 Å². The molecule has 0 aliphatic carbocycles. The first-order chi connectivity index (χ1) is 7.45. The summed E-state index contributed by atoms with van der Waals surface area (Å²) < 4.78 is 2.29. The van der Waals surface area contributed by atoms with Gasteiger partial charge in [0.05, 0.1) is 5.69 Å². The fraction of sp³-hybridized carbons (Fsp3) is 0.769. The Kier molecular flexibility index (Phi) is 4.39. The van der Waals surface area contributed by atoms with Crippen LogP contribution in [0.4, 0.5) is 5.95 Å². The van der Waals surface area contributed by atoms with Gasteiger partial charge in [0, 0.05) is 18.3 Å². The zero-order chi connectivity index (χ0) is 12.3. The van der Waals surface area contributed by atoms with E-state index in [4.69, 9.17) is 0 Å². The Bertz CT molecular complexity index is 326. The summed E-state index contributed by atoms with van der Waals surface area (Å²) in [6.45, 7) is 13.1. The average molecular weight is 223 g/mol. The molecule has 0 bridgehead atoms. The fourth-order valence-electron chi connectivity index (χ4n) is 2.12. The molecule has 3 heteroatoms. The van der Waals surface area contributed by atoms with E-state index in [0.717, 1.165) is 18.1 Å². The van der Waals surface area contributed by atoms with Crippen molar-refractivity contribution in [2.24, 2.45) is 5.92 Å². The second-order valence-corrected chi connectivity index (χ2v) is 5.13. The van der Waals surface area contributed by atoms with Crippen molar-refractivity contribution in [1.29, 1.82) is 0 Å². The molecule has 1 unspecified atom stereocenters. The van der Waals surface area contributed by atoms with Gasteiger partial charge in [-0.15, -0.1) is 0 Å². The summed E-state index contributed by atoms with van der Waals surface area (Å²) in [5.41, 5.74) is 1.09. The minimum Gasteiger partial charge on any atom is -0.353 e. The summed E-state index contributed by atoms with van der Waals surface area (Å²) >= 11 is 0. The van der Waals surface area contributed by atoms with Crippen LogP contribution in [0, 0.1) is 12.8 Å². The Hall–Kier alpha value is -0.990.